The van der Waals surface area contributed by atoms with E-state index in [4.69, 9.17) is 10.8 Å². The van der Waals surface area contributed by atoms with Crippen molar-refractivity contribution >= 4 is 71.0 Å². The fourth-order valence-electron chi connectivity index (χ4n) is 7.28. The van der Waals surface area contributed by atoms with E-state index in [0.717, 1.165) is 0 Å². The first-order valence-electron chi connectivity index (χ1n) is 25.1. The molecule has 1 heterocycles. The van der Waals surface area contributed by atoms with Gasteiger partial charge in [0.1, 0.15) is 48.3 Å². The second-order valence-electron chi connectivity index (χ2n) is 19.4. The van der Waals surface area contributed by atoms with Crippen molar-refractivity contribution in [2.24, 2.45) is 23.5 Å². The third kappa shape index (κ3) is 24.7. The first kappa shape index (κ1) is 66.1. The highest BCUT2D eigenvalue weighted by Gasteiger charge is 2.34. The Hall–Kier alpha value is -8.05. The van der Waals surface area contributed by atoms with Crippen molar-refractivity contribution in [3.63, 3.8) is 0 Å². The van der Waals surface area contributed by atoms with Gasteiger partial charge in [0.25, 0.3) is 0 Å². The number of aromatic amines is 1. The summed E-state index contributed by atoms with van der Waals surface area (Å²) in [5.41, 5.74) is 6.72. The molecule has 2 rings (SSSR count). The number of carbonyl (C=O) groups is 12. The molecule has 0 aliphatic heterocycles. The molecule has 10 amide bonds. The van der Waals surface area contributed by atoms with E-state index in [-0.39, 0.29) is 37.5 Å². The van der Waals surface area contributed by atoms with Crippen LogP contribution in [0.3, 0.4) is 0 Å². The molecule has 1 aromatic carbocycles. The van der Waals surface area contributed by atoms with Crippen LogP contribution in [-0.4, -0.2) is 183 Å². The first-order valence-corrected chi connectivity index (χ1v) is 25.1. The Morgan fingerprint density at radius 3 is 1.56 bits per heavy atom. The summed E-state index contributed by atoms with van der Waals surface area (Å²) in [7, 11) is 0. The summed E-state index contributed by atoms with van der Waals surface area (Å²) < 4.78 is 0. The van der Waals surface area contributed by atoms with Gasteiger partial charge < -0.3 is 84.3 Å². The molecule has 0 saturated carbocycles. The van der Waals surface area contributed by atoms with Gasteiger partial charge >= 0.3 is 11.9 Å². The summed E-state index contributed by atoms with van der Waals surface area (Å²) in [5.74, 6) is -12.6. The second kappa shape index (κ2) is 33.9. The number of amides is 10. The van der Waals surface area contributed by atoms with E-state index in [0.29, 0.717) is 11.3 Å². The van der Waals surface area contributed by atoms with Crippen molar-refractivity contribution in [2.45, 2.75) is 128 Å². The van der Waals surface area contributed by atoms with Gasteiger partial charge in [0, 0.05) is 31.2 Å². The van der Waals surface area contributed by atoms with Gasteiger partial charge in [-0.3, -0.25) is 52.7 Å². The maximum atomic E-state index is 13.8. The Morgan fingerprint density at radius 1 is 0.538 bits per heavy atom. The number of carboxylic acid groups (broad SMARTS) is 2. The molecule has 0 fully saturated rings. The summed E-state index contributed by atoms with van der Waals surface area (Å²) in [4.78, 5) is 161. The number of carbonyl (C=O) groups excluding carboxylic acids is 10. The van der Waals surface area contributed by atoms with Crippen molar-refractivity contribution < 1.29 is 78.0 Å². The number of aromatic nitrogens is 2. The minimum atomic E-state index is -1.65. The zero-order chi connectivity index (χ0) is 58.6. The van der Waals surface area contributed by atoms with Gasteiger partial charge in [0.2, 0.25) is 59.1 Å². The van der Waals surface area contributed by atoms with Crippen molar-refractivity contribution in [1.82, 2.24) is 63.1 Å². The Bertz CT molecular complexity index is 2350. The van der Waals surface area contributed by atoms with Crippen LogP contribution in [0.25, 0.3) is 0 Å². The zero-order valence-corrected chi connectivity index (χ0v) is 44.4. The molecule has 17 N–H and O–H groups in total. The minimum Gasteiger partial charge on any atom is -0.481 e. The number of aliphatic hydroxyl groups excluding tert-OH is 2. The van der Waals surface area contributed by atoms with Crippen molar-refractivity contribution in [3.05, 3.63) is 54.1 Å². The lowest BCUT2D eigenvalue weighted by Crippen LogP contribution is -2.61. The zero-order valence-electron chi connectivity index (χ0n) is 44.4. The van der Waals surface area contributed by atoms with Crippen molar-refractivity contribution in [1.29, 1.82) is 0 Å². The Labute approximate surface area is 449 Å². The lowest BCUT2D eigenvalue weighted by Gasteiger charge is -2.28. The molecule has 29 heteroatoms. The largest absolute Gasteiger partial charge is 0.481 e. The number of imidazole rings is 1. The lowest BCUT2D eigenvalue weighted by atomic mass is 9.98. The number of nitrogens with two attached hydrogens (primary N) is 1. The van der Waals surface area contributed by atoms with Gasteiger partial charge in [-0.25, -0.2) is 9.78 Å². The smallest absolute Gasteiger partial charge is 0.326 e. The molecule has 8 atom stereocenters. The number of hydrogen-bond donors (Lipinski definition) is 16. The summed E-state index contributed by atoms with van der Waals surface area (Å²) in [6.07, 6.45) is 1.54. The average molecular weight is 1100 g/mol. The number of benzene rings is 1. The van der Waals surface area contributed by atoms with Crippen LogP contribution in [0.15, 0.2) is 42.9 Å². The summed E-state index contributed by atoms with van der Waals surface area (Å²) in [6, 6.07) is -2.34. The monoisotopic (exact) mass is 1100 g/mol. The highest BCUT2D eigenvalue weighted by Crippen LogP contribution is 2.11. The third-order valence-electron chi connectivity index (χ3n) is 11.4. The molecule has 0 aliphatic carbocycles. The summed E-state index contributed by atoms with van der Waals surface area (Å²) >= 11 is 0. The van der Waals surface area contributed by atoms with Gasteiger partial charge in [-0.2, -0.15) is 0 Å². The number of aliphatic hydroxyl groups is 2. The first-order chi connectivity index (χ1) is 36.7. The molecule has 78 heavy (non-hydrogen) atoms. The molecule has 0 spiro atoms. The van der Waals surface area contributed by atoms with Crippen LogP contribution >= 0.6 is 0 Å². The summed E-state index contributed by atoms with van der Waals surface area (Å²) in [5, 5.41) is 62.1. The van der Waals surface area contributed by atoms with E-state index in [9.17, 15) is 72.9 Å². The number of rotatable bonds is 35. The van der Waals surface area contributed by atoms with E-state index in [1.807, 2.05) is 0 Å². The van der Waals surface area contributed by atoms with Gasteiger partial charge in [-0.05, 0) is 42.6 Å². The van der Waals surface area contributed by atoms with Crippen LogP contribution in [0.4, 0.5) is 0 Å². The van der Waals surface area contributed by atoms with Crippen molar-refractivity contribution in [3.8, 4) is 0 Å². The highest BCUT2D eigenvalue weighted by atomic mass is 16.4. The topological polar surface area (TPSA) is 461 Å². The van der Waals surface area contributed by atoms with Crippen LogP contribution in [0.2, 0.25) is 0 Å². The molecule has 29 nitrogen and oxygen atoms in total. The second-order valence-corrected chi connectivity index (χ2v) is 19.4. The SMILES string of the molecule is CC(C)C[C@H](NC(=O)CNC(=O)[C@H](CO)NC(=O)[C@@H](NC(=O)[C@H](CC(C)C)NC(=O)[C@H](Cc1ccccc1)NC(=O)[C@@H](N)CO)C(C)C)C(=O)NCC(=O)NCC(=O)N[C@@H](CCC(=O)O)C(=O)N[C@@H](Cc1cnc[nH]1)C(=O)O. The maximum absolute atomic E-state index is 13.8. The number of hydrogen-bond acceptors (Lipinski definition) is 16. The molecular formula is C49H75N13O16. The van der Waals surface area contributed by atoms with Crippen LogP contribution in [0, 0.1) is 17.8 Å². The lowest BCUT2D eigenvalue weighted by molar-refractivity contribution is -0.143. The Balaban J connectivity index is 2.02. The predicted molar refractivity (Wildman–Crippen MR) is 275 cm³/mol. The normalized spacial score (nSPS) is 14.2. The average Bonchev–Trinajstić information content (AvgIpc) is 3.90. The van der Waals surface area contributed by atoms with Gasteiger partial charge in [0.15, 0.2) is 0 Å². The molecule has 1 aromatic heterocycles. The Kier molecular flexibility index (Phi) is 28.7. The van der Waals surface area contributed by atoms with Gasteiger partial charge in [0.05, 0.1) is 39.2 Å². The quantitative estimate of drug-likeness (QED) is 0.0307. The maximum Gasteiger partial charge on any atom is 0.326 e. The predicted octanol–water partition coefficient (Wildman–Crippen LogP) is -5.05. The standard InChI is InChI=1S/C49H75N13O16/c1-25(2)14-32(43(71)53-19-37(65)52-20-38(66)56-31(12-13-40(68)69)45(73)60-35(49(77)78)17-29-18-51-24-55-29)57-39(67)21-54-44(72)36(23-64)61-48(76)41(27(5)6)62-47(75)33(15-26(3)4)59-46(74)34(58-42(70)30(50)22-63)16-28-10-8-7-9-11-28/h7-11,18,24-27,30-36,41,63-64H,12-17,19-23,50H2,1-6H3,(H,51,55)(H,52,65)(H,53,71)(H,54,72)(H,56,66)(H,57,67)(H,58,70)(H,59,74)(H,60,73)(H,61,76)(H,62,75)(H,68,69)(H,77,78)/t30-,31-,32-,33-,34-,35-,36-,41-/m0/s1. The minimum absolute atomic E-state index is 0.00131. The number of aliphatic carboxylic acids is 2. The van der Waals surface area contributed by atoms with Crippen LogP contribution in [-0.2, 0) is 70.4 Å². The molecule has 0 saturated heterocycles. The molecule has 432 valence electrons. The Morgan fingerprint density at radius 2 is 1.04 bits per heavy atom. The van der Waals surface area contributed by atoms with Crippen LogP contribution in [0.5, 0.6) is 0 Å². The molecule has 0 radical (unpaired) electrons. The van der Waals surface area contributed by atoms with E-state index in [2.05, 4.69) is 63.1 Å². The fraction of sp³-hybridized carbons (Fsp3) is 0.571. The molecular weight excluding hydrogens is 1030 g/mol. The summed E-state index contributed by atoms with van der Waals surface area (Å²) in [6.45, 7) is 6.35. The molecule has 2 aromatic rings. The number of H-pyrrole nitrogens is 1. The fourth-order valence-corrected chi connectivity index (χ4v) is 7.28. The third-order valence-corrected chi connectivity index (χ3v) is 11.4. The molecule has 0 unspecified atom stereocenters. The van der Waals surface area contributed by atoms with E-state index < -0.39 is 171 Å². The number of nitrogens with zero attached hydrogens (tertiary/aromatic N) is 1. The van der Waals surface area contributed by atoms with E-state index in [1.54, 1.807) is 71.9 Å². The van der Waals surface area contributed by atoms with Crippen LogP contribution < -0.4 is 58.9 Å². The number of carboxylic acids is 2. The molecule has 0 aliphatic rings. The van der Waals surface area contributed by atoms with E-state index in [1.165, 1.54) is 12.5 Å². The number of nitrogens with one attached hydrogen (secondary N) is 11. The van der Waals surface area contributed by atoms with Gasteiger partial charge in [-0.1, -0.05) is 71.9 Å². The van der Waals surface area contributed by atoms with E-state index >= 15 is 0 Å². The van der Waals surface area contributed by atoms with Crippen LogP contribution in [0.1, 0.15) is 78.5 Å². The van der Waals surface area contributed by atoms with Gasteiger partial charge in [-0.15, -0.1) is 0 Å². The molecule has 0 bridgehead atoms. The van der Waals surface area contributed by atoms with Crippen molar-refractivity contribution in [2.75, 3.05) is 32.8 Å². The highest BCUT2D eigenvalue weighted by molar-refractivity contribution is 5.98.